The van der Waals surface area contributed by atoms with Crippen molar-refractivity contribution in [3.63, 3.8) is 0 Å². The van der Waals surface area contributed by atoms with Crippen molar-refractivity contribution in [3.05, 3.63) is 77.1 Å². The monoisotopic (exact) mass is 338 g/mol. The van der Waals surface area contributed by atoms with Gasteiger partial charge in [0.25, 0.3) is 0 Å². The first-order valence-electron chi connectivity index (χ1n) is 7.53. The first-order chi connectivity index (χ1) is 11.8. The Labute approximate surface area is 144 Å². The van der Waals surface area contributed by atoms with Gasteiger partial charge in [-0.15, -0.1) is 0 Å². The van der Waals surface area contributed by atoms with Gasteiger partial charge in [0.2, 0.25) is 5.95 Å². The van der Waals surface area contributed by atoms with Crippen LogP contribution in [0, 0.1) is 0 Å². The predicted molar refractivity (Wildman–Crippen MR) is 94.2 cm³/mol. The fourth-order valence-electron chi connectivity index (χ4n) is 2.81. The van der Waals surface area contributed by atoms with E-state index in [1.54, 1.807) is 13.4 Å². The number of halogens is 1. The summed E-state index contributed by atoms with van der Waals surface area (Å²) in [7, 11) is 1.66. The summed E-state index contributed by atoms with van der Waals surface area (Å²) in [5.41, 5.74) is 2.95. The summed E-state index contributed by atoms with van der Waals surface area (Å²) in [6, 6.07) is 15.6. The van der Waals surface area contributed by atoms with Crippen LogP contribution in [0.4, 0.5) is 5.95 Å². The molecule has 0 spiro atoms. The van der Waals surface area contributed by atoms with E-state index in [9.17, 15) is 0 Å². The van der Waals surface area contributed by atoms with Crippen molar-refractivity contribution >= 4 is 23.2 Å². The molecule has 0 bridgehead atoms. The zero-order chi connectivity index (χ0) is 16.5. The Hall–Kier alpha value is -2.79. The number of benzene rings is 2. The SMILES string of the molecule is COc1ccc([C@H]2C=C(c3ccccc3Cl)Nc3ncnn32)cc1. The lowest BCUT2D eigenvalue weighted by Gasteiger charge is -2.25. The van der Waals surface area contributed by atoms with Crippen molar-refractivity contribution in [2.24, 2.45) is 0 Å². The number of hydrogen-bond acceptors (Lipinski definition) is 4. The molecule has 120 valence electrons. The van der Waals surface area contributed by atoms with E-state index in [1.807, 2.05) is 53.2 Å². The maximum atomic E-state index is 6.35. The molecule has 5 nitrogen and oxygen atoms in total. The van der Waals surface area contributed by atoms with Gasteiger partial charge in [-0.3, -0.25) is 0 Å². The smallest absolute Gasteiger partial charge is 0.226 e. The first-order valence-corrected chi connectivity index (χ1v) is 7.91. The van der Waals surface area contributed by atoms with Crippen LogP contribution in [-0.4, -0.2) is 21.9 Å². The Bertz CT molecular complexity index is 901. The van der Waals surface area contributed by atoms with E-state index in [-0.39, 0.29) is 6.04 Å². The molecule has 0 radical (unpaired) electrons. The molecule has 0 fully saturated rings. The molecular formula is C18H15ClN4O. The van der Waals surface area contributed by atoms with Crippen LogP contribution in [-0.2, 0) is 0 Å². The molecule has 1 aromatic heterocycles. The van der Waals surface area contributed by atoms with Crippen molar-refractivity contribution in [1.82, 2.24) is 14.8 Å². The number of rotatable bonds is 3. The maximum absolute atomic E-state index is 6.35. The van der Waals surface area contributed by atoms with E-state index in [1.165, 1.54) is 0 Å². The molecule has 3 aromatic rings. The standard InChI is InChI=1S/C18H15ClN4O/c1-24-13-8-6-12(7-9-13)17-10-16(14-4-2-3-5-15(14)19)22-18-20-11-21-23(17)18/h2-11,17H,1H3,(H,20,21,22)/t17-/m1/s1. The average Bonchev–Trinajstić information content (AvgIpc) is 3.10. The number of fused-ring (bicyclic) bond motifs is 1. The fraction of sp³-hybridized carbons (Fsp3) is 0.111. The molecule has 1 atom stereocenters. The third kappa shape index (κ3) is 2.53. The number of nitrogens with zero attached hydrogens (tertiary/aromatic N) is 3. The Kier molecular flexibility index (Phi) is 3.70. The number of hydrogen-bond donors (Lipinski definition) is 1. The van der Waals surface area contributed by atoms with Gasteiger partial charge in [-0.2, -0.15) is 10.1 Å². The molecule has 4 rings (SSSR count). The van der Waals surface area contributed by atoms with Crippen molar-refractivity contribution in [2.45, 2.75) is 6.04 Å². The summed E-state index contributed by atoms with van der Waals surface area (Å²) in [5, 5.41) is 8.33. The van der Waals surface area contributed by atoms with Gasteiger partial charge in [-0.1, -0.05) is 41.9 Å². The van der Waals surface area contributed by atoms with E-state index in [0.29, 0.717) is 11.0 Å². The Morgan fingerprint density at radius 2 is 1.92 bits per heavy atom. The van der Waals surface area contributed by atoms with Crippen molar-refractivity contribution in [3.8, 4) is 5.75 Å². The lowest BCUT2D eigenvalue weighted by Crippen LogP contribution is -2.20. The van der Waals surface area contributed by atoms with E-state index in [2.05, 4.69) is 21.5 Å². The number of allylic oxidation sites excluding steroid dienone is 1. The number of methoxy groups -OCH3 is 1. The van der Waals surface area contributed by atoms with E-state index in [0.717, 1.165) is 22.6 Å². The lowest BCUT2D eigenvalue weighted by atomic mass is 10.0. The van der Waals surface area contributed by atoms with Crippen molar-refractivity contribution < 1.29 is 4.74 Å². The summed E-state index contributed by atoms with van der Waals surface area (Å²) >= 11 is 6.35. The molecule has 2 aromatic carbocycles. The quantitative estimate of drug-likeness (QED) is 0.784. The van der Waals surface area contributed by atoms with Gasteiger partial charge in [-0.25, -0.2) is 4.68 Å². The minimum absolute atomic E-state index is 0.0686. The molecule has 0 unspecified atom stereocenters. The lowest BCUT2D eigenvalue weighted by molar-refractivity contribution is 0.414. The highest BCUT2D eigenvalue weighted by molar-refractivity contribution is 6.32. The third-order valence-electron chi connectivity index (χ3n) is 4.03. The topological polar surface area (TPSA) is 52.0 Å². The van der Waals surface area contributed by atoms with Crippen LogP contribution in [0.2, 0.25) is 5.02 Å². The van der Waals surface area contributed by atoms with Gasteiger partial charge in [0, 0.05) is 16.3 Å². The van der Waals surface area contributed by atoms with Crippen molar-refractivity contribution in [1.29, 1.82) is 0 Å². The van der Waals surface area contributed by atoms with Crippen LogP contribution in [0.1, 0.15) is 17.2 Å². The Balaban J connectivity index is 1.80. The van der Waals surface area contributed by atoms with Crippen LogP contribution in [0.5, 0.6) is 5.75 Å². The van der Waals surface area contributed by atoms with E-state index in [4.69, 9.17) is 16.3 Å². The van der Waals surface area contributed by atoms with E-state index >= 15 is 0 Å². The highest BCUT2D eigenvalue weighted by atomic mass is 35.5. The number of nitrogens with one attached hydrogen (secondary N) is 1. The van der Waals surface area contributed by atoms with Crippen LogP contribution in [0.3, 0.4) is 0 Å². The van der Waals surface area contributed by atoms with Crippen LogP contribution < -0.4 is 10.1 Å². The van der Waals surface area contributed by atoms with Crippen LogP contribution in [0.15, 0.2) is 60.9 Å². The number of aromatic nitrogens is 3. The normalized spacial score (nSPS) is 16.1. The van der Waals surface area contributed by atoms with Crippen molar-refractivity contribution in [2.75, 3.05) is 12.4 Å². The average molecular weight is 339 g/mol. The molecule has 1 aliphatic rings. The minimum atomic E-state index is -0.0686. The van der Waals surface area contributed by atoms with Crippen LogP contribution in [0.25, 0.3) is 5.70 Å². The first kappa shape index (κ1) is 14.8. The second-order valence-electron chi connectivity index (χ2n) is 5.43. The Morgan fingerprint density at radius 1 is 1.12 bits per heavy atom. The van der Waals surface area contributed by atoms with E-state index < -0.39 is 0 Å². The largest absolute Gasteiger partial charge is 0.497 e. The zero-order valence-corrected chi connectivity index (χ0v) is 13.7. The molecule has 0 saturated carbocycles. The summed E-state index contributed by atoms with van der Waals surface area (Å²) in [6.07, 6.45) is 3.65. The molecule has 0 saturated heterocycles. The highest BCUT2D eigenvalue weighted by Gasteiger charge is 2.24. The Morgan fingerprint density at radius 3 is 2.67 bits per heavy atom. The molecule has 0 amide bonds. The fourth-order valence-corrected chi connectivity index (χ4v) is 3.05. The number of ether oxygens (including phenoxy) is 1. The summed E-state index contributed by atoms with van der Waals surface area (Å²) in [4.78, 5) is 4.30. The highest BCUT2D eigenvalue weighted by Crippen LogP contribution is 2.34. The molecule has 0 aliphatic carbocycles. The molecular weight excluding hydrogens is 324 g/mol. The third-order valence-corrected chi connectivity index (χ3v) is 4.36. The molecule has 1 aliphatic heterocycles. The molecule has 1 N–H and O–H groups in total. The maximum Gasteiger partial charge on any atom is 0.226 e. The van der Waals surface area contributed by atoms with Gasteiger partial charge in [-0.05, 0) is 29.8 Å². The van der Waals surface area contributed by atoms with Gasteiger partial charge in [0.15, 0.2) is 0 Å². The second-order valence-corrected chi connectivity index (χ2v) is 5.84. The van der Waals surface area contributed by atoms with Gasteiger partial charge in [0.05, 0.1) is 7.11 Å². The molecule has 6 heteroatoms. The molecule has 24 heavy (non-hydrogen) atoms. The second kappa shape index (κ2) is 6.02. The summed E-state index contributed by atoms with van der Waals surface area (Å²) in [6.45, 7) is 0. The summed E-state index contributed by atoms with van der Waals surface area (Å²) < 4.78 is 7.09. The number of anilines is 1. The predicted octanol–water partition coefficient (Wildman–Crippen LogP) is 4.00. The van der Waals surface area contributed by atoms with Gasteiger partial charge in [0.1, 0.15) is 18.1 Å². The molecule has 2 heterocycles. The zero-order valence-electron chi connectivity index (χ0n) is 13.0. The minimum Gasteiger partial charge on any atom is -0.497 e. The van der Waals surface area contributed by atoms with Gasteiger partial charge < -0.3 is 10.1 Å². The van der Waals surface area contributed by atoms with Crippen LogP contribution >= 0.6 is 11.6 Å². The summed E-state index contributed by atoms with van der Waals surface area (Å²) in [5.74, 6) is 1.51. The van der Waals surface area contributed by atoms with Gasteiger partial charge >= 0.3 is 0 Å².